The maximum Gasteiger partial charge on any atom is 0.275 e. The lowest BCUT2D eigenvalue weighted by Gasteiger charge is -2.20. The third kappa shape index (κ3) is 6.87. The lowest BCUT2D eigenvalue weighted by molar-refractivity contribution is 0.596. The zero-order chi connectivity index (χ0) is 25.5. The van der Waals surface area contributed by atoms with Gasteiger partial charge in [0.15, 0.2) is 0 Å². The Bertz CT molecular complexity index is 1440. The van der Waals surface area contributed by atoms with Crippen molar-refractivity contribution < 1.29 is 8.42 Å². The molecular weight excluding hydrogens is 472 g/mol. The fourth-order valence-corrected chi connectivity index (χ4v) is 5.35. The van der Waals surface area contributed by atoms with Crippen molar-refractivity contribution in [2.24, 2.45) is 5.11 Å². The second kappa shape index (κ2) is 11.1. The zero-order valence-corrected chi connectivity index (χ0v) is 22.1. The van der Waals surface area contributed by atoms with E-state index in [1.165, 1.54) is 0 Å². The molecule has 0 aliphatic rings. The van der Waals surface area contributed by atoms with Crippen LogP contribution in [0.1, 0.15) is 16.7 Å². The number of sulfonamides is 1. The molecule has 0 aromatic heterocycles. The van der Waals surface area contributed by atoms with Crippen molar-refractivity contribution in [2.45, 2.75) is 37.5 Å². The number of hydrogen-bond acceptors (Lipinski definition) is 3. The first-order chi connectivity index (χ1) is 16.6. The Kier molecular flexibility index (Phi) is 8.20. The van der Waals surface area contributed by atoms with Gasteiger partial charge in [-0.3, -0.25) is 0 Å². The summed E-state index contributed by atoms with van der Waals surface area (Å²) in [5.41, 5.74) is 11.8. The summed E-state index contributed by atoms with van der Waals surface area (Å²) < 4.78 is 28.7. The summed E-state index contributed by atoms with van der Waals surface area (Å²) in [6.07, 6.45) is 4.06. The van der Waals surface area contributed by atoms with Crippen molar-refractivity contribution in [3.63, 3.8) is 0 Å². The smallest absolute Gasteiger partial charge is 0.200 e. The molecule has 0 aliphatic heterocycles. The molecule has 0 unspecified atom stereocenters. The Hall–Kier alpha value is -3.76. The third-order valence-corrected chi connectivity index (χ3v) is 8.19. The minimum atomic E-state index is -4.01. The molecule has 0 heterocycles. The Morgan fingerprint density at radius 3 is 2.34 bits per heavy atom. The second-order valence-corrected chi connectivity index (χ2v) is 16.6. The summed E-state index contributed by atoms with van der Waals surface area (Å²) in [4.78, 5) is 2.98. The first kappa shape index (κ1) is 25.9. The Morgan fingerprint density at radius 1 is 1.00 bits per heavy atom. The third-order valence-electron chi connectivity index (χ3n) is 5.09. The van der Waals surface area contributed by atoms with Crippen LogP contribution in [0.2, 0.25) is 25.7 Å². The Morgan fingerprint density at radius 2 is 1.66 bits per heavy atom. The maximum atomic E-state index is 13.8. The van der Waals surface area contributed by atoms with E-state index in [2.05, 4.69) is 47.7 Å². The van der Waals surface area contributed by atoms with E-state index in [1.54, 1.807) is 60.7 Å². The summed E-state index contributed by atoms with van der Waals surface area (Å²) in [6, 6.07) is 24.6. The molecule has 0 saturated heterocycles. The first-order valence-corrected chi connectivity index (χ1v) is 16.3. The number of azide groups is 1. The standard InChI is InChI=1S/C27H28N4O2SSi/c1-22-15-17-25(18-16-22)34(32,33)31(20-19-23-10-5-7-13-26(23)29-30-28)27-14-8-6-11-24(27)12-9-21-35(2,3)4/h5-18H,21H2,1-4H3/b12-9-. The summed E-state index contributed by atoms with van der Waals surface area (Å²) in [6.45, 7) is 8.75. The normalized spacial score (nSPS) is 11.4. The SMILES string of the molecule is Cc1ccc(S(=O)(=O)N(C#Cc2ccccc2N=[N+]=[N-])c2ccccc2/C=C\C[Si](C)(C)C)cc1. The van der Waals surface area contributed by atoms with Gasteiger partial charge in [0.1, 0.15) is 0 Å². The Labute approximate surface area is 208 Å². The first-order valence-electron chi connectivity index (χ1n) is 11.2. The second-order valence-electron chi connectivity index (χ2n) is 9.25. The van der Waals surface area contributed by atoms with Crippen LogP contribution in [-0.4, -0.2) is 16.5 Å². The predicted molar refractivity (Wildman–Crippen MR) is 147 cm³/mol. The van der Waals surface area contributed by atoms with Gasteiger partial charge in [-0.15, -0.1) is 0 Å². The monoisotopic (exact) mass is 500 g/mol. The topological polar surface area (TPSA) is 86.1 Å². The van der Waals surface area contributed by atoms with E-state index < -0.39 is 18.1 Å². The molecule has 0 N–H and O–H groups in total. The number of nitrogens with zero attached hydrogens (tertiary/aromatic N) is 4. The Balaban J connectivity index is 2.18. The van der Waals surface area contributed by atoms with Crippen molar-refractivity contribution in [2.75, 3.05) is 4.31 Å². The number of para-hydroxylation sites is 1. The number of anilines is 1. The van der Waals surface area contributed by atoms with Crippen LogP contribution in [0.5, 0.6) is 0 Å². The summed E-state index contributed by atoms with van der Waals surface area (Å²) in [7, 11) is -5.32. The van der Waals surface area contributed by atoms with E-state index in [1.807, 2.05) is 25.1 Å². The van der Waals surface area contributed by atoms with Crippen LogP contribution in [-0.2, 0) is 10.0 Å². The van der Waals surface area contributed by atoms with Crippen LogP contribution in [0.4, 0.5) is 11.4 Å². The van der Waals surface area contributed by atoms with E-state index in [4.69, 9.17) is 5.53 Å². The zero-order valence-electron chi connectivity index (χ0n) is 20.3. The fraction of sp³-hybridized carbons (Fsp3) is 0.185. The molecule has 0 spiro atoms. The van der Waals surface area contributed by atoms with Crippen LogP contribution >= 0.6 is 0 Å². The van der Waals surface area contributed by atoms with Crippen LogP contribution in [0.15, 0.2) is 88.9 Å². The van der Waals surface area contributed by atoms with Crippen molar-refractivity contribution in [1.29, 1.82) is 0 Å². The predicted octanol–water partition coefficient (Wildman–Crippen LogP) is 7.49. The number of aryl methyl sites for hydroxylation is 1. The highest BCUT2D eigenvalue weighted by atomic mass is 32.2. The molecule has 0 amide bonds. The van der Waals surface area contributed by atoms with E-state index in [0.29, 0.717) is 16.9 Å². The van der Waals surface area contributed by atoms with Gasteiger partial charge in [0.05, 0.1) is 16.3 Å². The molecule has 178 valence electrons. The molecule has 0 aliphatic carbocycles. The summed E-state index contributed by atoms with van der Waals surface area (Å²) in [5.74, 6) is 2.91. The molecule has 0 saturated carbocycles. The van der Waals surface area contributed by atoms with Crippen molar-refractivity contribution in [3.05, 3.63) is 106 Å². The highest BCUT2D eigenvalue weighted by Gasteiger charge is 2.25. The van der Waals surface area contributed by atoms with Gasteiger partial charge in [0.25, 0.3) is 10.0 Å². The van der Waals surface area contributed by atoms with Crippen molar-refractivity contribution in [3.8, 4) is 12.0 Å². The van der Waals surface area contributed by atoms with Gasteiger partial charge >= 0.3 is 0 Å². The summed E-state index contributed by atoms with van der Waals surface area (Å²) in [5, 5.41) is 3.67. The van der Waals surface area contributed by atoms with Crippen molar-refractivity contribution in [1.82, 2.24) is 0 Å². The van der Waals surface area contributed by atoms with Crippen LogP contribution in [0, 0.1) is 18.9 Å². The van der Waals surface area contributed by atoms with E-state index in [-0.39, 0.29) is 4.90 Å². The molecule has 0 radical (unpaired) electrons. The molecule has 35 heavy (non-hydrogen) atoms. The van der Waals surface area contributed by atoms with Gasteiger partial charge < -0.3 is 0 Å². The molecule has 3 rings (SSSR count). The van der Waals surface area contributed by atoms with Crippen LogP contribution in [0.3, 0.4) is 0 Å². The largest absolute Gasteiger partial charge is 0.275 e. The van der Waals surface area contributed by atoms with E-state index in [0.717, 1.165) is 21.5 Å². The molecular formula is C27H28N4O2SSi. The quantitative estimate of drug-likeness (QED) is 0.0840. The highest BCUT2D eigenvalue weighted by molar-refractivity contribution is 7.93. The molecule has 3 aromatic carbocycles. The van der Waals surface area contributed by atoms with E-state index >= 15 is 0 Å². The summed E-state index contributed by atoms with van der Waals surface area (Å²) >= 11 is 0. The van der Waals surface area contributed by atoms with E-state index in [9.17, 15) is 8.42 Å². The number of benzene rings is 3. The maximum absolute atomic E-state index is 13.8. The average molecular weight is 501 g/mol. The highest BCUT2D eigenvalue weighted by Crippen LogP contribution is 2.29. The van der Waals surface area contributed by atoms with Gasteiger partial charge in [0, 0.05) is 24.6 Å². The number of rotatable bonds is 7. The van der Waals surface area contributed by atoms with Crippen LogP contribution < -0.4 is 4.31 Å². The lowest BCUT2D eigenvalue weighted by Crippen LogP contribution is -2.27. The number of hydrogen-bond donors (Lipinski definition) is 0. The fourth-order valence-electron chi connectivity index (χ4n) is 3.24. The van der Waals surface area contributed by atoms with Gasteiger partial charge in [-0.2, -0.15) is 4.31 Å². The minimum Gasteiger partial charge on any atom is -0.200 e. The van der Waals surface area contributed by atoms with Crippen LogP contribution in [0.25, 0.3) is 16.5 Å². The number of allylic oxidation sites excluding steroid dienone is 1. The van der Waals surface area contributed by atoms with Crippen molar-refractivity contribution >= 4 is 35.5 Å². The molecule has 8 heteroatoms. The molecule has 0 fully saturated rings. The molecule has 6 nitrogen and oxygen atoms in total. The van der Waals surface area contributed by atoms with Gasteiger partial charge in [-0.25, -0.2) is 8.42 Å². The lowest BCUT2D eigenvalue weighted by atomic mass is 10.1. The van der Waals surface area contributed by atoms with Gasteiger partial charge in [-0.05, 0) is 54.2 Å². The molecule has 3 aromatic rings. The average Bonchev–Trinajstić information content (AvgIpc) is 2.81. The minimum absolute atomic E-state index is 0.140. The van der Waals surface area contributed by atoms with Gasteiger partial charge in [0.2, 0.25) is 0 Å². The van der Waals surface area contributed by atoms with Gasteiger partial charge in [-0.1, -0.05) is 91.0 Å². The molecule has 0 bridgehead atoms. The molecule has 0 atom stereocenters.